The number of fused-ring (bicyclic) bond motifs is 1. The number of pyridine rings is 1. The van der Waals surface area contributed by atoms with Gasteiger partial charge in [-0.2, -0.15) is 4.72 Å². The zero-order valence-corrected chi connectivity index (χ0v) is 14.9. The van der Waals surface area contributed by atoms with Gasteiger partial charge >= 0.3 is 0 Å². The van der Waals surface area contributed by atoms with Crippen LogP contribution in [0.5, 0.6) is 0 Å². The number of hydrogen-bond donors (Lipinski definition) is 2. The minimum atomic E-state index is -3.60. The number of likely N-dealkylation sites (tertiary alicyclic amines) is 1. The lowest BCUT2D eigenvalue weighted by atomic mass is 10.1. The van der Waals surface area contributed by atoms with Gasteiger partial charge in [0.15, 0.2) is 0 Å². The average molecular weight is 372 g/mol. The van der Waals surface area contributed by atoms with Gasteiger partial charge in [0.1, 0.15) is 11.1 Å². The van der Waals surface area contributed by atoms with E-state index in [0.29, 0.717) is 12.2 Å². The molecule has 2 aliphatic rings. The van der Waals surface area contributed by atoms with Crippen LogP contribution in [0.3, 0.4) is 0 Å². The lowest BCUT2D eigenvalue weighted by molar-refractivity contribution is -0.131. The van der Waals surface area contributed by atoms with Gasteiger partial charge in [-0.1, -0.05) is 18.2 Å². The Balaban J connectivity index is 1.55. The van der Waals surface area contributed by atoms with Crippen molar-refractivity contribution < 1.29 is 13.2 Å². The second-order valence-corrected chi connectivity index (χ2v) is 8.26. The molecule has 0 saturated carbocycles. The highest BCUT2D eigenvalue weighted by Crippen LogP contribution is 2.30. The van der Waals surface area contributed by atoms with Gasteiger partial charge in [0.05, 0.1) is 18.2 Å². The Morgan fingerprint density at radius 1 is 1.23 bits per heavy atom. The standard InChI is InChI=1S/C18H20N4O3S/c23-17(11-13-5-3-9-19-12-13)22-10-4-7-15(22)18-20-14-6-1-2-8-16(14)26(24,25)21-18/h1-3,5-6,8-9,12,15,18,20-21H,4,7,10-11H2. The van der Waals surface area contributed by atoms with Crippen molar-refractivity contribution in [1.82, 2.24) is 14.6 Å². The Labute approximate surface area is 152 Å². The van der Waals surface area contributed by atoms with Crippen molar-refractivity contribution in [2.24, 2.45) is 0 Å². The summed E-state index contributed by atoms with van der Waals surface area (Å²) >= 11 is 0. The fourth-order valence-electron chi connectivity index (χ4n) is 3.65. The van der Waals surface area contributed by atoms with E-state index in [1.165, 1.54) is 0 Å². The summed E-state index contributed by atoms with van der Waals surface area (Å²) in [5.74, 6) is -0.0136. The topological polar surface area (TPSA) is 91.4 Å². The summed E-state index contributed by atoms with van der Waals surface area (Å²) in [7, 11) is -3.60. The van der Waals surface area contributed by atoms with Crippen LogP contribution in [0, 0.1) is 0 Å². The molecule has 1 aromatic heterocycles. The molecule has 0 aliphatic carbocycles. The number of nitrogens with one attached hydrogen (secondary N) is 2. The van der Waals surface area contributed by atoms with Gasteiger partial charge in [-0.25, -0.2) is 8.42 Å². The van der Waals surface area contributed by atoms with Crippen molar-refractivity contribution in [3.05, 3.63) is 54.4 Å². The third kappa shape index (κ3) is 3.17. The van der Waals surface area contributed by atoms with Gasteiger partial charge in [-0.05, 0) is 36.6 Å². The molecule has 2 aromatic rings. The van der Waals surface area contributed by atoms with E-state index < -0.39 is 16.2 Å². The quantitative estimate of drug-likeness (QED) is 0.849. The summed E-state index contributed by atoms with van der Waals surface area (Å²) in [4.78, 5) is 18.8. The van der Waals surface area contributed by atoms with E-state index >= 15 is 0 Å². The number of sulfonamides is 1. The van der Waals surface area contributed by atoms with Gasteiger partial charge in [0.25, 0.3) is 0 Å². The van der Waals surface area contributed by atoms with Crippen LogP contribution in [-0.2, 0) is 21.2 Å². The molecule has 2 N–H and O–H groups in total. The molecule has 1 aromatic carbocycles. The van der Waals surface area contributed by atoms with E-state index in [0.717, 1.165) is 18.4 Å². The second-order valence-electron chi connectivity index (χ2n) is 6.57. The Morgan fingerprint density at radius 2 is 2.08 bits per heavy atom. The van der Waals surface area contributed by atoms with Gasteiger partial charge in [-0.15, -0.1) is 0 Å². The van der Waals surface area contributed by atoms with Gasteiger partial charge in [-0.3, -0.25) is 9.78 Å². The van der Waals surface area contributed by atoms with Crippen LogP contribution in [0.15, 0.2) is 53.7 Å². The summed E-state index contributed by atoms with van der Waals surface area (Å²) in [6, 6.07) is 10.3. The first-order valence-corrected chi connectivity index (χ1v) is 10.1. The van der Waals surface area contributed by atoms with Crippen LogP contribution < -0.4 is 10.0 Å². The van der Waals surface area contributed by atoms with Gasteiger partial charge in [0, 0.05) is 18.9 Å². The van der Waals surface area contributed by atoms with E-state index in [4.69, 9.17) is 0 Å². The lowest BCUT2D eigenvalue weighted by Crippen LogP contribution is -2.56. The molecule has 4 rings (SSSR count). The van der Waals surface area contributed by atoms with E-state index in [1.807, 2.05) is 6.07 Å². The molecule has 1 fully saturated rings. The zero-order valence-electron chi connectivity index (χ0n) is 14.1. The highest BCUT2D eigenvalue weighted by Gasteiger charge is 2.40. The molecule has 2 unspecified atom stereocenters. The number of benzene rings is 1. The van der Waals surface area contributed by atoms with Crippen LogP contribution in [0.25, 0.3) is 0 Å². The number of hydrogen-bond acceptors (Lipinski definition) is 5. The van der Waals surface area contributed by atoms with E-state index in [1.54, 1.807) is 47.6 Å². The number of carbonyl (C=O) groups is 1. The third-order valence-corrected chi connectivity index (χ3v) is 6.35. The molecule has 0 radical (unpaired) electrons. The maximum absolute atomic E-state index is 12.8. The van der Waals surface area contributed by atoms with Crippen molar-refractivity contribution in [2.45, 2.75) is 36.4 Å². The predicted octanol–water partition coefficient (Wildman–Crippen LogP) is 1.35. The summed E-state index contributed by atoms with van der Waals surface area (Å²) in [5, 5.41) is 3.25. The highest BCUT2D eigenvalue weighted by molar-refractivity contribution is 7.89. The van der Waals surface area contributed by atoms with Crippen LogP contribution in [0.4, 0.5) is 5.69 Å². The van der Waals surface area contributed by atoms with E-state index in [9.17, 15) is 13.2 Å². The molecule has 3 heterocycles. The average Bonchev–Trinajstić information content (AvgIpc) is 3.12. The first-order valence-electron chi connectivity index (χ1n) is 8.61. The molecule has 0 bridgehead atoms. The molecule has 7 nitrogen and oxygen atoms in total. The second kappa shape index (κ2) is 6.69. The molecule has 26 heavy (non-hydrogen) atoms. The van der Waals surface area contributed by atoms with Crippen LogP contribution >= 0.6 is 0 Å². The van der Waals surface area contributed by atoms with Crippen molar-refractivity contribution in [3.63, 3.8) is 0 Å². The molecule has 2 aliphatic heterocycles. The largest absolute Gasteiger partial charge is 0.366 e. The smallest absolute Gasteiger partial charge is 0.244 e. The Morgan fingerprint density at radius 3 is 2.88 bits per heavy atom. The van der Waals surface area contributed by atoms with Crippen molar-refractivity contribution >= 4 is 21.6 Å². The molecular formula is C18H20N4O3S. The van der Waals surface area contributed by atoms with Crippen molar-refractivity contribution in [2.75, 3.05) is 11.9 Å². The molecular weight excluding hydrogens is 352 g/mol. The first-order chi connectivity index (χ1) is 12.5. The molecule has 1 saturated heterocycles. The molecule has 136 valence electrons. The summed E-state index contributed by atoms with van der Waals surface area (Å²) in [6.45, 7) is 0.630. The van der Waals surface area contributed by atoms with Crippen molar-refractivity contribution in [3.8, 4) is 0 Å². The Bertz CT molecular complexity index is 917. The van der Waals surface area contributed by atoms with E-state index in [2.05, 4.69) is 15.0 Å². The van der Waals surface area contributed by atoms with Gasteiger partial charge in [0.2, 0.25) is 15.9 Å². The number of amides is 1. The molecule has 1 amide bonds. The summed E-state index contributed by atoms with van der Waals surface area (Å²) < 4.78 is 27.8. The number of carbonyl (C=O) groups excluding carboxylic acids is 1. The third-order valence-electron chi connectivity index (χ3n) is 4.85. The number of nitrogens with zero attached hydrogens (tertiary/aromatic N) is 2. The van der Waals surface area contributed by atoms with Crippen LogP contribution in [0.1, 0.15) is 18.4 Å². The predicted molar refractivity (Wildman–Crippen MR) is 96.9 cm³/mol. The SMILES string of the molecule is O=C(Cc1cccnc1)N1CCCC1C1Nc2ccccc2S(=O)(=O)N1. The number of para-hydroxylation sites is 1. The highest BCUT2D eigenvalue weighted by atomic mass is 32.2. The number of anilines is 1. The molecule has 0 spiro atoms. The number of rotatable bonds is 3. The summed E-state index contributed by atoms with van der Waals surface area (Å²) in [6.07, 6.45) is 4.69. The maximum atomic E-state index is 12.8. The minimum absolute atomic E-state index is 0.0136. The monoisotopic (exact) mass is 372 g/mol. The summed E-state index contributed by atoms with van der Waals surface area (Å²) in [5.41, 5.74) is 1.42. The lowest BCUT2D eigenvalue weighted by Gasteiger charge is -2.36. The van der Waals surface area contributed by atoms with Crippen LogP contribution in [-0.4, -0.2) is 43.0 Å². The Kier molecular flexibility index (Phi) is 4.37. The number of aromatic nitrogens is 1. The molecule has 8 heteroatoms. The minimum Gasteiger partial charge on any atom is -0.366 e. The van der Waals surface area contributed by atoms with E-state index in [-0.39, 0.29) is 23.3 Å². The molecule has 2 atom stereocenters. The zero-order chi connectivity index (χ0) is 18.1. The normalized spacial score (nSPS) is 23.9. The maximum Gasteiger partial charge on any atom is 0.244 e. The van der Waals surface area contributed by atoms with Crippen molar-refractivity contribution in [1.29, 1.82) is 0 Å². The fraction of sp³-hybridized carbons (Fsp3) is 0.333. The van der Waals surface area contributed by atoms with Gasteiger partial charge < -0.3 is 10.2 Å². The Hall–Kier alpha value is -2.45. The van der Waals surface area contributed by atoms with Crippen LogP contribution in [0.2, 0.25) is 0 Å². The fourth-order valence-corrected chi connectivity index (χ4v) is 5.00. The first kappa shape index (κ1) is 17.0.